The number of hydrogen-bond acceptors (Lipinski definition) is 7. The van der Waals surface area contributed by atoms with Gasteiger partial charge >= 0.3 is 6.09 Å². The molecule has 0 aliphatic carbocycles. The highest BCUT2D eigenvalue weighted by Gasteiger charge is 2.29. The van der Waals surface area contributed by atoms with E-state index in [-0.39, 0.29) is 23.5 Å². The number of carbonyl (C=O) groups excluding carboxylic acids is 1. The molecule has 3 aromatic heterocycles. The van der Waals surface area contributed by atoms with Crippen molar-refractivity contribution < 1.29 is 14.1 Å². The van der Waals surface area contributed by atoms with Crippen LogP contribution in [-0.2, 0) is 4.74 Å². The standard InChI is InChI=1S/C21H28N6O4/c1-12(2)17-24-19(31-25-17)14-11-22-27-15(10-16(28)23-18(14)27)13-6-8-26(9-7-13)20(29)30-21(3,4)5/h10-13H,6-9H2,1-5H3,(H,23,28). The number of nitrogens with zero attached hydrogens (tertiary/aromatic N) is 5. The average molecular weight is 428 g/mol. The summed E-state index contributed by atoms with van der Waals surface area (Å²) in [5, 5.41) is 8.48. The van der Waals surface area contributed by atoms with Crippen LogP contribution in [0, 0.1) is 0 Å². The first-order valence-electron chi connectivity index (χ1n) is 10.6. The van der Waals surface area contributed by atoms with Crippen molar-refractivity contribution in [3.05, 3.63) is 34.1 Å². The molecule has 0 radical (unpaired) electrons. The second-order valence-electron chi connectivity index (χ2n) is 9.23. The van der Waals surface area contributed by atoms with Crippen molar-refractivity contribution >= 4 is 11.7 Å². The summed E-state index contributed by atoms with van der Waals surface area (Å²) in [6, 6.07) is 1.57. The topological polar surface area (TPSA) is 119 Å². The number of carbonyl (C=O) groups is 1. The largest absolute Gasteiger partial charge is 0.444 e. The molecule has 10 heteroatoms. The summed E-state index contributed by atoms with van der Waals surface area (Å²) in [5.41, 5.74) is 1.17. The first kappa shape index (κ1) is 21.1. The molecule has 1 aliphatic rings. The third kappa shape index (κ3) is 4.33. The first-order valence-corrected chi connectivity index (χ1v) is 10.6. The van der Waals surface area contributed by atoms with Crippen LogP contribution in [0.4, 0.5) is 4.79 Å². The van der Waals surface area contributed by atoms with Gasteiger partial charge in [0.1, 0.15) is 16.8 Å². The molecule has 1 amide bonds. The maximum absolute atomic E-state index is 12.4. The molecule has 0 spiro atoms. The number of piperidine rings is 1. The Balaban J connectivity index is 1.59. The van der Waals surface area contributed by atoms with Crippen molar-refractivity contribution in [3.8, 4) is 11.5 Å². The second-order valence-corrected chi connectivity index (χ2v) is 9.23. The van der Waals surface area contributed by atoms with Crippen LogP contribution in [0.15, 0.2) is 21.6 Å². The number of likely N-dealkylation sites (tertiary alicyclic amines) is 1. The van der Waals surface area contributed by atoms with E-state index in [2.05, 4.69) is 20.2 Å². The van der Waals surface area contributed by atoms with Crippen molar-refractivity contribution in [2.75, 3.05) is 13.1 Å². The molecular weight excluding hydrogens is 400 g/mol. The summed E-state index contributed by atoms with van der Waals surface area (Å²) in [5.74, 6) is 1.14. The van der Waals surface area contributed by atoms with E-state index in [9.17, 15) is 9.59 Å². The van der Waals surface area contributed by atoms with Gasteiger partial charge in [-0.15, -0.1) is 0 Å². The molecule has 31 heavy (non-hydrogen) atoms. The molecule has 0 aromatic carbocycles. The maximum Gasteiger partial charge on any atom is 0.410 e. The van der Waals surface area contributed by atoms with Gasteiger partial charge in [-0.05, 0) is 33.6 Å². The Morgan fingerprint density at radius 1 is 1.29 bits per heavy atom. The molecule has 10 nitrogen and oxygen atoms in total. The Morgan fingerprint density at radius 2 is 2.00 bits per heavy atom. The normalized spacial score (nSPS) is 15.7. The summed E-state index contributed by atoms with van der Waals surface area (Å²) < 4.78 is 12.6. The van der Waals surface area contributed by atoms with Crippen LogP contribution in [0.1, 0.15) is 70.8 Å². The molecule has 4 heterocycles. The highest BCUT2D eigenvalue weighted by molar-refractivity contribution is 5.71. The fraction of sp³-hybridized carbons (Fsp3) is 0.571. The Labute approximate surface area is 179 Å². The molecule has 0 saturated carbocycles. The van der Waals surface area contributed by atoms with Crippen LogP contribution in [0.25, 0.3) is 17.1 Å². The van der Waals surface area contributed by atoms with Crippen molar-refractivity contribution in [1.29, 1.82) is 0 Å². The number of amides is 1. The molecule has 166 valence electrons. The molecule has 1 N–H and O–H groups in total. The van der Waals surface area contributed by atoms with Gasteiger partial charge in [0.25, 0.3) is 11.4 Å². The average Bonchev–Trinajstić information content (AvgIpc) is 3.33. The monoisotopic (exact) mass is 428 g/mol. The minimum atomic E-state index is -0.525. The van der Waals surface area contributed by atoms with Gasteiger partial charge in [-0.1, -0.05) is 19.0 Å². The number of aromatic nitrogens is 5. The van der Waals surface area contributed by atoms with E-state index in [1.54, 1.807) is 21.7 Å². The first-order chi connectivity index (χ1) is 14.6. The fourth-order valence-corrected chi connectivity index (χ4v) is 3.72. The van der Waals surface area contributed by atoms with E-state index in [0.717, 1.165) is 5.69 Å². The van der Waals surface area contributed by atoms with Crippen LogP contribution in [0.2, 0.25) is 0 Å². The van der Waals surface area contributed by atoms with E-state index >= 15 is 0 Å². The highest BCUT2D eigenvalue weighted by atomic mass is 16.6. The number of H-pyrrole nitrogens is 1. The SMILES string of the molecule is CC(C)c1noc(-c2cnn3c(C4CCN(C(=O)OC(C)(C)C)CC4)cc(=O)[nH]c23)n1. The van der Waals surface area contributed by atoms with Crippen LogP contribution in [-0.4, -0.2) is 54.4 Å². The molecule has 1 saturated heterocycles. The Hall–Kier alpha value is -3.17. The summed E-state index contributed by atoms with van der Waals surface area (Å²) in [7, 11) is 0. The van der Waals surface area contributed by atoms with Gasteiger partial charge in [0.2, 0.25) is 0 Å². The van der Waals surface area contributed by atoms with Crippen molar-refractivity contribution in [2.24, 2.45) is 0 Å². The Morgan fingerprint density at radius 3 is 2.61 bits per heavy atom. The van der Waals surface area contributed by atoms with E-state index in [1.165, 1.54) is 0 Å². The smallest absolute Gasteiger partial charge is 0.410 e. The van der Waals surface area contributed by atoms with Crippen LogP contribution in [0.3, 0.4) is 0 Å². The van der Waals surface area contributed by atoms with Gasteiger partial charge in [0.05, 0.1) is 11.9 Å². The lowest BCUT2D eigenvalue weighted by molar-refractivity contribution is 0.0203. The summed E-state index contributed by atoms with van der Waals surface area (Å²) in [6.07, 6.45) is 2.75. The van der Waals surface area contributed by atoms with Crippen LogP contribution >= 0.6 is 0 Å². The number of aromatic amines is 1. The Kier molecular flexibility index (Phi) is 5.32. The lowest BCUT2D eigenvalue weighted by atomic mass is 9.93. The predicted octanol–water partition coefficient (Wildman–Crippen LogP) is 3.31. The highest BCUT2D eigenvalue weighted by Crippen LogP contribution is 2.30. The number of nitrogens with one attached hydrogen (secondary N) is 1. The van der Waals surface area contributed by atoms with E-state index in [0.29, 0.717) is 48.9 Å². The zero-order chi connectivity index (χ0) is 22.3. The summed E-state index contributed by atoms with van der Waals surface area (Å²) in [4.78, 5) is 33.7. The van der Waals surface area contributed by atoms with Gasteiger partial charge < -0.3 is 19.1 Å². The third-order valence-electron chi connectivity index (χ3n) is 5.29. The summed E-state index contributed by atoms with van der Waals surface area (Å²) in [6.45, 7) is 10.6. The van der Waals surface area contributed by atoms with E-state index in [1.807, 2.05) is 34.6 Å². The Bertz CT molecular complexity index is 1140. The quantitative estimate of drug-likeness (QED) is 0.680. The maximum atomic E-state index is 12.4. The number of rotatable bonds is 3. The minimum absolute atomic E-state index is 0.0881. The van der Waals surface area contributed by atoms with Crippen LogP contribution < -0.4 is 5.56 Å². The zero-order valence-electron chi connectivity index (χ0n) is 18.5. The molecule has 4 rings (SSSR count). The van der Waals surface area contributed by atoms with Gasteiger partial charge in [-0.2, -0.15) is 10.1 Å². The number of ether oxygens (including phenoxy) is 1. The molecule has 1 aliphatic heterocycles. The molecular formula is C21H28N6O4. The third-order valence-corrected chi connectivity index (χ3v) is 5.29. The number of fused-ring (bicyclic) bond motifs is 1. The second kappa shape index (κ2) is 7.82. The molecule has 0 bridgehead atoms. The molecule has 0 atom stereocenters. The molecule has 1 fully saturated rings. The minimum Gasteiger partial charge on any atom is -0.444 e. The number of hydrogen-bond donors (Lipinski definition) is 1. The van der Waals surface area contributed by atoms with Gasteiger partial charge in [-0.25, -0.2) is 9.31 Å². The zero-order valence-corrected chi connectivity index (χ0v) is 18.5. The van der Waals surface area contributed by atoms with Crippen molar-refractivity contribution in [1.82, 2.24) is 29.6 Å². The fourth-order valence-electron chi connectivity index (χ4n) is 3.72. The molecule has 3 aromatic rings. The van der Waals surface area contributed by atoms with Gasteiger partial charge in [0, 0.05) is 31.0 Å². The van der Waals surface area contributed by atoms with E-state index < -0.39 is 5.60 Å². The summed E-state index contributed by atoms with van der Waals surface area (Å²) >= 11 is 0. The lowest BCUT2D eigenvalue weighted by Crippen LogP contribution is -2.41. The van der Waals surface area contributed by atoms with Gasteiger partial charge in [-0.3, -0.25) is 4.79 Å². The lowest BCUT2D eigenvalue weighted by Gasteiger charge is -2.33. The van der Waals surface area contributed by atoms with E-state index in [4.69, 9.17) is 9.26 Å². The van der Waals surface area contributed by atoms with Crippen molar-refractivity contribution in [3.63, 3.8) is 0 Å². The van der Waals surface area contributed by atoms with Crippen LogP contribution in [0.5, 0.6) is 0 Å². The van der Waals surface area contributed by atoms with Crippen molar-refractivity contribution in [2.45, 2.75) is 64.9 Å². The molecule has 0 unspecified atom stereocenters. The van der Waals surface area contributed by atoms with Gasteiger partial charge in [0.15, 0.2) is 5.82 Å². The predicted molar refractivity (Wildman–Crippen MR) is 113 cm³/mol.